The fourth-order valence-corrected chi connectivity index (χ4v) is 14.1. The van der Waals surface area contributed by atoms with Gasteiger partial charge < -0.3 is 18.3 Å². The summed E-state index contributed by atoms with van der Waals surface area (Å²) in [4.78, 5) is 0. The Morgan fingerprint density at radius 2 is 0.633 bits per heavy atom. The highest BCUT2D eigenvalue weighted by Crippen LogP contribution is 2.49. The van der Waals surface area contributed by atoms with Gasteiger partial charge in [-0.15, -0.1) is 0 Å². The summed E-state index contributed by atoms with van der Waals surface area (Å²) in [6.45, 7) is 8.12. The Balaban J connectivity index is 0.000000150. The smallest absolute Gasteiger partial charge is 0.308 e. The zero-order chi connectivity index (χ0) is 61.7. The minimum absolute atomic E-state index is 0.0279. The molecule has 0 aliphatic rings. The molecular formula is C80H52F3N7. The number of halogens is 3. The van der Waals surface area contributed by atoms with Gasteiger partial charge in [0.05, 0.1) is 90.1 Å². The summed E-state index contributed by atoms with van der Waals surface area (Å²) in [6.07, 6.45) is -4.76. The molecule has 0 aliphatic carbocycles. The van der Waals surface area contributed by atoms with E-state index < -0.39 is 11.7 Å². The average molecular weight is 1170 g/mol. The van der Waals surface area contributed by atoms with Gasteiger partial charge >= 0.3 is 6.18 Å². The summed E-state index contributed by atoms with van der Waals surface area (Å²) < 4.78 is 56.2. The SMILES string of the molecule is Cc1cccc2c3ccccc3n(-c3ccc(-c4cccc(C#N)c4)c(-n4c5ccccc5c5cccc(C)c54)c3C#N)c12.Cc1cccc2c3ccccc3n(-c3ccc(-c4cccc(C#N)c4)c(-n4c5ccccc5c5cccc(C)c54)c3C(F)(F)F)c12. The maximum atomic E-state index is 16.1. The van der Waals surface area contributed by atoms with Crippen molar-refractivity contribution < 1.29 is 13.2 Å². The van der Waals surface area contributed by atoms with E-state index in [-0.39, 0.29) is 11.4 Å². The van der Waals surface area contributed by atoms with Crippen molar-refractivity contribution in [2.24, 2.45) is 0 Å². The van der Waals surface area contributed by atoms with Crippen LogP contribution in [0.5, 0.6) is 0 Å². The van der Waals surface area contributed by atoms with Gasteiger partial charge in [0.15, 0.2) is 0 Å². The predicted molar refractivity (Wildman–Crippen MR) is 359 cm³/mol. The number of hydrogen-bond acceptors (Lipinski definition) is 3. The minimum Gasteiger partial charge on any atom is -0.308 e. The van der Waals surface area contributed by atoms with E-state index in [0.29, 0.717) is 44.4 Å². The summed E-state index contributed by atoms with van der Waals surface area (Å²) in [5.41, 5.74) is 16.2. The predicted octanol–water partition coefficient (Wildman–Crippen LogP) is 21.0. The molecular weight excluding hydrogens is 1120 g/mol. The number of nitriles is 3. The van der Waals surface area contributed by atoms with Crippen LogP contribution in [0.1, 0.15) is 44.5 Å². The van der Waals surface area contributed by atoms with Crippen LogP contribution < -0.4 is 0 Å². The van der Waals surface area contributed by atoms with Crippen LogP contribution >= 0.6 is 0 Å². The summed E-state index contributed by atoms with van der Waals surface area (Å²) in [5.74, 6) is 0. The number of rotatable bonds is 6. The molecule has 0 saturated heterocycles. The highest BCUT2D eigenvalue weighted by atomic mass is 19.4. The van der Waals surface area contributed by atoms with E-state index >= 15 is 13.2 Å². The third kappa shape index (κ3) is 8.40. The number of aryl methyl sites for hydroxylation is 4. The molecule has 0 radical (unpaired) electrons. The fraction of sp³-hybridized carbons (Fsp3) is 0.0625. The Kier molecular flexibility index (Phi) is 12.9. The molecule has 0 unspecified atom stereocenters. The molecule has 0 spiro atoms. The largest absolute Gasteiger partial charge is 0.420 e. The Morgan fingerprint density at radius 1 is 0.311 bits per heavy atom. The first-order chi connectivity index (χ1) is 43.9. The summed E-state index contributed by atoms with van der Waals surface area (Å²) in [6, 6.07) is 85.5. The first-order valence-corrected chi connectivity index (χ1v) is 29.7. The van der Waals surface area contributed by atoms with Gasteiger partial charge in [-0.3, -0.25) is 0 Å². The van der Waals surface area contributed by atoms with Gasteiger partial charge in [-0.05, 0) is 122 Å². The van der Waals surface area contributed by atoms with E-state index in [1.165, 1.54) is 0 Å². The molecule has 0 bridgehead atoms. The maximum absolute atomic E-state index is 16.1. The van der Waals surface area contributed by atoms with Crippen LogP contribution in [-0.4, -0.2) is 18.3 Å². The number of para-hydroxylation sites is 8. The van der Waals surface area contributed by atoms with E-state index in [1.54, 1.807) is 45.5 Å². The molecule has 16 aromatic rings. The molecule has 0 amide bonds. The van der Waals surface area contributed by atoms with E-state index in [2.05, 4.69) is 138 Å². The zero-order valence-electron chi connectivity index (χ0n) is 49.4. The molecule has 0 fully saturated rings. The van der Waals surface area contributed by atoms with Gasteiger partial charge in [-0.2, -0.15) is 29.0 Å². The molecule has 10 heteroatoms. The average Bonchev–Trinajstić information content (AvgIpc) is 1.63. The van der Waals surface area contributed by atoms with Crippen LogP contribution in [-0.2, 0) is 6.18 Å². The lowest BCUT2D eigenvalue weighted by molar-refractivity contribution is -0.137. The van der Waals surface area contributed by atoms with E-state index in [1.807, 2.05) is 123 Å². The van der Waals surface area contributed by atoms with Crippen LogP contribution in [0.2, 0.25) is 0 Å². The molecule has 0 aliphatic heterocycles. The number of alkyl halides is 3. The highest BCUT2D eigenvalue weighted by molar-refractivity contribution is 6.15. The van der Waals surface area contributed by atoms with Crippen molar-refractivity contribution in [3.05, 3.63) is 287 Å². The van der Waals surface area contributed by atoms with Gasteiger partial charge in [0.25, 0.3) is 0 Å². The number of aromatic nitrogens is 4. The second kappa shape index (κ2) is 21.2. The van der Waals surface area contributed by atoms with Crippen molar-refractivity contribution in [1.29, 1.82) is 15.8 Å². The molecule has 0 saturated carbocycles. The Bertz CT molecular complexity index is 5830. The second-order valence-corrected chi connectivity index (χ2v) is 23.0. The Labute approximate surface area is 516 Å². The van der Waals surface area contributed by atoms with E-state index in [0.717, 1.165) is 115 Å². The minimum atomic E-state index is -4.76. The second-order valence-electron chi connectivity index (χ2n) is 23.0. The Hall–Kier alpha value is -11.9. The lowest BCUT2D eigenvalue weighted by Gasteiger charge is -2.25. The molecule has 4 aromatic heterocycles. The van der Waals surface area contributed by atoms with Crippen LogP contribution in [0.15, 0.2) is 243 Å². The van der Waals surface area contributed by atoms with Crippen molar-refractivity contribution in [3.8, 4) is 63.2 Å². The lowest BCUT2D eigenvalue weighted by atomic mass is 9.96. The van der Waals surface area contributed by atoms with Crippen molar-refractivity contribution >= 4 is 87.2 Å². The van der Waals surface area contributed by atoms with Crippen molar-refractivity contribution in [1.82, 2.24) is 18.3 Å². The molecule has 428 valence electrons. The van der Waals surface area contributed by atoms with Gasteiger partial charge in [0.1, 0.15) is 17.2 Å². The van der Waals surface area contributed by atoms with Crippen LogP contribution in [0, 0.1) is 61.7 Å². The maximum Gasteiger partial charge on any atom is 0.420 e. The topological polar surface area (TPSA) is 91.1 Å². The van der Waals surface area contributed by atoms with Crippen LogP contribution in [0.4, 0.5) is 13.2 Å². The molecule has 0 N–H and O–H groups in total. The summed E-state index contributed by atoms with van der Waals surface area (Å²) >= 11 is 0. The third-order valence-electron chi connectivity index (χ3n) is 17.8. The molecule has 16 rings (SSSR count). The lowest BCUT2D eigenvalue weighted by Crippen LogP contribution is -2.17. The normalized spacial score (nSPS) is 11.7. The van der Waals surface area contributed by atoms with Crippen molar-refractivity contribution in [2.45, 2.75) is 33.9 Å². The summed E-state index contributed by atoms with van der Waals surface area (Å²) in [7, 11) is 0. The highest BCUT2D eigenvalue weighted by Gasteiger charge is 2.41. The molecule has 4 heterocycles. The molecule has 12 aromatic carbocycles. The fourth-order valence-electron chi connectivity index (χ4n) is 14.1. The summed E-state index contributed by atoms with van der Waals surface area (Å²) in [5, 5.41) is 38.7. The first kappa shape index (κ1) is 54.7. The molecule has 0 atom stereocenters. The van der Waals surface area contributed by atoms with E-state index in [4.69, 9.17) is 0 Å². The quantitative estimate of drug-likeness (QED) is 0.166. The van der Waals surface area contributed by atoms with Crippen LogP contribution in [0.3, 0.4) is 0 Å². The van der Waals surface area contributed by atoms with Crippen molar-refractivity contribution in [2.75, 3.05) is 0 Å². The molecule has 90 heavy (non-hydrogen) atoms. The van der Waals surface area contributed by atoms with Gasteiger partial charge in [0.2, 0.25) is 0 Å². The Morgan fingerprint density at radius 3 is 1.02 bits per heavy atom. The zero-order valence-corrected chi connectivity index (χ0v) is 49.4. The number of nitrogens with zero attached hydrogens (tertiary/aromatic N) is 7. The van der Waals surface area contributed by atoms with Crippen LogP contribution in [0.25, 0.3) is 132 Å². The van der Waals surface area contributed by atoms with Crippen molar-refractivity contribution in [3.63, 3.8) is 0 Å². The molecule has 7 nitrogen and oxygen atoms in total. The number of fused-ring (bicyclic) bond motifs is 12. The van der Waals surface area contributed by atoms with Gasteiger partial charge in [-0.1, -0.05) is 182 Å². The number of benzene rings is 12. The standard InChI is InChI=1S/C40H26F3N3.C40H26N4/c1-24-10-7-16-31-29-14-3-5-18-33(29)45(37(24)31)35-21-20-28(27-13-9-12-26(22-27)23-44)39(36(35)40(41,42)43)46-34-19-6-4-15-30(34)32-17-8-11-25(2)38(32)46;1-25-10-7-16-32-30-14-3-5-18-35(30)43(38(25)32)37-21-20-29(28-13-9-12-27(22-28)23-41)40(34(37)24-42)44-36-19-6-4-15-31(36)33-17-8-11-26(2)39(33)44/h3-22H,1-2H3;3-22H,1-2H3. The number of hydrogen-bond donors (Lipinski definition) is 0. The monoisotopic (exact) mass is 1170 g/mol. The van der Waals surface area contributed by atoms with E-state index in [9.17, 15) is 15.8 Å². The third-order valence-corrected chi connectivity index (χ3v) is 17.8. The van der Waals surface area contributed by atoms with Gasteiger partial charge in [0, 0.05) is 54.2 Å². The first-order valence-electron chi connectivity index (χ1n) is 29.7. The van der Waals surface area contributed by atoms with Gasteiger partial charge in [-0.25, -0.2) is 0 Å².